The lowest BCUT2D eigenvalue weighted by molar-refractivity contribution is 0.170. The molecule has 0 aliphatic heterocycles. The van der Waals surface area contributed by atoms with Gasteiger partial charge in [-0.05, 0) is 19.1 Å². The molecule has 65 valence electrons. The summed E-state index contributed by atoms with van der Waals surface area (Å²) < 4.78 is 22.4. The van der Waals surface area contributed by atoms with Crippen LogP contribution < -0.4 is 0 Å². The van der Waals surface area contributed by atoms with Crippen LogP contribution in [0, 0.1) is 0 Å². The first-order valence-corrected chi connectivity index (χ1v) is 5.04. The van der Waals surface area contributed by atoms with Crippen molar-refractivity contribution in [2.45, 2.75) is 17.3 Å². The van der Waals surface area contributed by atoms with Crippen LogP contribution in [0.4, 0.5) is 0 Å². The van der Waals surface area contributed by atoms with Crippen LogP contribution >= 0.6 is 0 Å². The van der Waals surface area contributed by atoms with Crippen molar-refractivity contribution in [1.82, 2.24) is 0 Å². The van der Waals surface area contributed by atoms with Crippen molar-refractivity contribution in [2.24, 2.45) is 0 Å². The molecule has 0 aliphatic carbocycles. The quantitative estimate of drug-likeness (QED) is 0.696. The monoisotopic (exact) mass is 185 g/mol. The molecule has 0 amide bonds. The molecular formula is C8H9O3S. The summed E-state index contributed by atoms with van der Waals surface area (Å²) >= 11 is 0. The van der Waals surface area contributed by atoms with Gasteiger partial charge in [-0.2, -0.15) is 0 Å². The molecule has 1 aromatic rings. The molecule has 0 aromatic heterocycles. The van der Waals surface area contributed by atoms with Crippen LogP contribution in [-0.2, 0) is 14.9 Å². The first-order chi connectivity index (χ1) is 5.55. The fourth-order valence-corrected chi connectivity index (χ4v) is 1.72. The van der Waals surface area contributed by atoms with E-state index in [-0.39, 0.29) is 4.90 Å². The Morgan fingerprint density at radius 1 is 1.17 bits per heavy atom. The van der Waals surface area contributed by atoms with Crippen LogP contribution in [0.25, 0.3) is 0 Å². The molecule has 0 bridgehead atoms. The van der Waals surface area contributed by atoms with Gasteiger partial charge in [-0.25, -0.2) is 13.5 Å². The molecule has 1 atom stereocenters. The van der Waals surface area contributed by atoms with Crippen LogP contribution in [0.2, 0.25) is 0 Å². The molecule has 4 heteroatoms. The Balaban J connectivity index is 3.17. The fraction of sp³-hybridized carbons (Fsp3) is 0.250. The van der Waals surface area contributed by atoms with Gasteiger partial charge < -0.3 is 0 Å². The predicted octanol–water partition coefficient (Wildman–Crippen LogP) is 1.24. The highest BCUT2D eigenvalue weighted by molar-refractivity contribution is 7.91. The summed E-state index contributed by atoms with van der Waals surface area (Å²) in [7, 11) is -3.63. The van der Waals surface area contributed by atoms with Crippen molar-refractivity contribution in [3.8, 4) is 0 Å². The Hall–Kier alpha value is -0.870. The maximum Gasteiger partial charge on any atom is 0.208 e. The number of hydrogen-bond acceptors (Lipinski definition) is 2. The van der Waals surface area contributed by atoms with E-state index in [0.717, 1.165) is 6.92 Å². The van der Waals surface area contributed by atoms with Crippen LogP contribution in [0.1, 0.15) is 6.92 Å². The maximum absolute atomic E-state index is 11.2. The van der Waals surface area contributed by atoms with E-state index in [4.69, 9.17) is 0 Å². The van der Waals surface area contributed by atoms with Crippen LogP contribution in [0.15, 0.2) is 35.2 Å². The van der Waals surface area contributed by atoms with Crippen LogP contribution in [0.5, 0.6) is 0 Å². The highest BCUT2D eigenvalue weighted by Gasteiger charge is 2.21. The van der Waals surface area contributed by atoms with Gasteiger partial charge in [0.1, 0.15) is 0 Å². The highest BCUT2D eigenvalue weighted by Crippen LogP contribution is 2.13. The first kappa shape index (κ1) is 9.22. The summed E-state index contributed by atoms with van der Waals surface area (Å²) in [4.78, 5) is 0.0903. The minimum Gasteiger partial charge on any atom is -0.221 e. The van der Waals surface area contributed by atoms with Gasteiger partial charge in [0.2, 0.25) is 9.84 Å². The van der Waals surface area contributed by atoms with E-state index >= 15 is 0 Å². The second-order valence-electron chi connectivity index (χ2n) is 2.43. The zero-order valence-corrected chi connectivity index (χ0v) is 7.41. The fourth-order valence-electron chi connectivity index (χ4n) is 0.802. The number of rotatable bonds is 2. The minimum absolute atomic E-state index is 0.0903. The largest absolute Gasteiger partial charge is 0.221 e. The zero-order valence-electron chi connectivity index (χ0n) is 6.60. The average Bonchev–Trinajstić information content (AvgIpc) is 2.06. The summed E-state index contributed by atoms with van der Waals surface area (Å²) in [6.45, 7) is 1.13. The number of hydrogen-bond donors (Lipinski definition) is 0. The molecule has 0 aliphatic rings. The van der Waals surface area contributed by atoms with E-state index in [0.29, 0.717) is 0 Å². The van der Waals surface area contributed by atoms with Gasteiger partial charge in [0.05, 0.1) is 4.90 Å². The third kappa shape index (κ3) is 1.65. The lowest BCUT2D eigenvalue weighted by atomic mass is 10.4. The van der Waals surface area contributed by atoms with Crippen molar-refractivity contribution in [1.29, 1.82) is 0 Å². The third-order valence-electron chi connectivity index (χ3n) is 1.51. The van der Waals surface area contributed by atoms with Crippen molar-refractivity contribution in [2.75, 3.05) is 0 Å². The molecule has 0 spiro atoms. The van der Waals surface area contributed by atoms with Crippen molar-refractivity contribution in [3.63, 3.8) is 0 Å². The van der Waals surface area contributed by atoms with Gasteiger partial charge in [0.15, 0.2) is 5.44 Å². The van der Waals surface area contributed by atoms with E-state index in [9.17, 15) is 13.5 Å². The topological polar surface area (TPSA) is 54.0 Å². The summed E-state index contributed by atoms with van der Waals surface area (Å²) in [6.07, 6.45) is 0. The Morgan fingerprint density at radius 2 is 1.67 bits per heavy atom. The van der Waals surface area contributed by atoms with Crippen molar-refractivity contribution >= 4 is 9.84 Å². The average molecular weight is 185 g/mol. The van der Waals surface area contributed by atoms with Crippen LogP contribution in [0.3, 0.4) is 0 Å². The highest BCUT2D eigenvalue weighted by atomic mass is 32.2. The molecule has 0 heterocycles. The van der Waals surface area contributed by atoms with Gasteiger partial charge in [-0.3, -0.25) is 0 Å². The zero-order chi connectivity index (χ0) is 9.19. The summed E-state index contributed by atoms with van der Waals surface area (Å²) in [6, 6.07) is 7.73. The van der Waals surface area contributed by atoms with Crippen molar-refractivity contribution < 1.29 is 13.5 Å². The van der Waals surface area contributed by atoms with E-state index in [1.807, 2.05) is 0 Å². The lowest BCUT2D eigenvalue weighted by Gasteiger charge is -2.03. The van der Waals surface area contributed by atoms with Gasteiger partial charge in [0.25, 0.3) is 0 Å². The Bertz CT molecular complexity index is 340. The molecule has 0 saturated heterocycles. The molecule has 0 saturated carbocycles. The SMILES string of the molecule is CC([O])S(=O)(=O)c1ccccc1. The molecule has 0 N–H and O–H groups in total. The maximum atomic E-state index is 11.2. The molecular weight excluding hydrogens is 176 g/mol. The molecule has 1 rings (SSSR count). The Labute approximate surface area is 71.6 Å². The second kappa shape index (κ2) is 3.25. The summed E-state index contributed by atoms with van der Waals surface area (Å²) in [5.41, 5.74) is -1.60. The first-order valence-electron chi connectivity index (χ1n) is 3.50. The number of benzene rings is 1. The van der Waals surface area contributed by atoms with E-state index in [1.165, 1.54) is 12.1 Å². The van der Waals surface area contributed by atoms with Crippen molar-refractivity contribution in [3.05, 3.63) is 30.3 Å². The standard InChI is InChI=1S/C8H9O3S/c1-7(9)12(10,11)8-5-3-2-4-6-8/h2-7H,1H3. The third-order valence-corrected chi connectivity index (χ3v) is 3.31. The smallest absolute Gasteiger partial charge is 0.208 e. The lowest BCUT2D eigenvalue weighted by Crippen LogP contribution is -2.15. The van der Waals surface area contributed by atoms with Crippen LogP contribution in [-0.4, -0.2) is 13.9 Å². The second-order valence-corrected chi connectivity index (χ2v) is 4.65. The van der Waals surface area contributed by atoms with Gasteiger partial charge in [-0.15, -0.1) is 0 Å². The van der Waals surface area contributed by atoms with Gasteiger partial charge in [0, 0.05) is 0 Å². The molecule has 12 heavy (non-hydrogen) atoms. The number of sulfone groups is 1. The molecule has 0 fully saturated rings. The normalized spacial score (nSPS) is 14.2. The van der Waals surface area contributed by atoms with Gasteiger partial charge in [-0.1, -0.05) is 18.2 Å². The summed E-state index contributed by atoms with van der Waals surface area (Å²) in [5.74, 6) is 0. The minimum atomic E-state index is -3.63. The summed E-state index contributed by atoms with van der Waals surface area (Å²) in [5, 5.41) is 10.8. The van der Waals surface area contributed by atoms with E-state index < -0.39 is 15.3 Å². The van der Waals surface area contributed by atoms with Gasteiger partial charge >= 0.3 is 0 Å². The predicted molar refractivity (Wildman–Crippen MR) is 43.8 cm³/mol. The molecule has 1 radical (unpaired) electrons. The molecule has 1 unspecified atom stereocenters. The molecule has 1 aromatic carbocycles. The Kier molecular flexibility index (Phi) is 2.49. The van der Waals surface area contributed by atoms with E-state index in [2.05, 4.69) is 0 Å². The molecule has 3 nitrogen and oxygen atoms in total. The Morgan fingerprint density at radius 3 is 2.08 bits per heavy atom. The van der Waals surface area contributed by atoms with E-state index in [1.54, 1.807) is 18.2 Å².